The summed E-state index contributed by atoms with van der Waals surface area (Å²) in [4.78, 5) is 14.1. The van der Waals surface area contributed by atoms with Crippen molar-refractivity contribution in [1.29, 1.82) is 0 Å². The summed E-state index contributed by atoms with van der Waals surface area (Å²) in [6, 6.07) is 3.90. The van der Waals surface area contributed by atoms with Crippen molar-refractivity contribution in [3.05, 3.63) is 40.9 Å². The number of hydrogen-bond acceptors (Lipinski definition) is 3. The van der Waals surface area contributed by atoms with Gasteiger partial charge in [-0.25, -0.2) is 0 Å². The number of allylic oxidation sites excluding steroid dienone is 1. The number of rotatable bonds is 1. The van der Waals surface area contributed by atoms with E-state index in [4.69, 9.17) is 10.1 Å². The molecule has 0 amide bonds. The summed E-state index contributed by atoms with van der Waals surface area (Å²) in [5.74, 6) is -0.601. The van der Waals surface area contributed by atoms with Gasteiger partial charge in [0.25, 0.3) is 15.9 Å². The first-order chi connectivity index (χ1) is 7.95. The molecule has 1 N–H and O–H groups in total. The Morgan fingerprint density at radius 2 is 1.89 bits per heavy atom. The van der Waals surface area contributed by atoms with Crippen LogP contribution >= 0.6 is 12.4 Å². The van der Waals surface area contributed by atoms with E-state index in [0.29, 0.717) is 0 Å². The molecule has 94 valence electrons. The van der Waals surface area contributed by atoms with Crippen molar-refractivity contribution in [2.75, 3.05) is 0 Å². The highest BCUT2D eigenvalue weighted by Gasteiger charge is 2.29. The van der Waals surface area contributed by atoms with Crippen molar-refractivity contribution >= 4 is 40.1 Å². The largest absolute Gasteiger partial charge is 0.362 e. The standard InChI is InChI=1S/C10H6N2O4S.ClH/c11-12-8-5-4-6-7(10(8)13)2-1-3-9(6)17(14,15)16;/h1-5H,(H,14,15,16);1H. The van der Waals surface area contributed by atoms with E-state index >= 15 is 0 Å². The number of fused-ring (bicyclic) bond motifs is 1. The number of hydrogen-bond donors (Lipinski definition) is 1. The second-order valence-electron chi connectivity index (χ2n) is 3.34. The number of Topliss-reactive ketones (excluding diaryl/α,β-unsaturated/α-hetero) is 1. The zero-order valence-corrected chi connectivity index (χ0v) is 10.4. The van der Waals surface area contributed by atoms with E-state index < -0.39 is 15.9 Å². The summed E-state index contributed by atoms with van der Waals surface area (Å²) >= 11 is 0. The monoisotopic (exact) mass is 286 g/mol. The Morgan fingerprint density at radius 1 is 1.22 bits per heavy atom. The molecule has 0 aliphatic heterocycles. The molecule has 1 aliphatic carbocycles. The average Bonchev–Trinajstić information content (AvgIpc) is 2.28. The molecule has 0 spiro atoms. The van der Waals surface area contributed by atoms with Crippen LogP contribution in [0.1, 0.15) is 15.9 Å². The van der Waals surface area contributed by atoms with Crippen LogP contribution in [-0.2, 0) is 10.1 Å². The van der Waals surface area contributed by atoms with Crippen molar-refractivity contribution in [3.63, 3.8) is 0 Å². The maximum absolute atomic E-state index is 11.7. The van der Waals surface area contributed by atoms with Crippen LogP contribution in [0.2, 0.25) is 0 Å². The summed E-state index contributed by atoms with van der Waals surface area (Å²) in [6.07, 6.45) is 2.48. The lowest BCUT2D eigenvalue weighted by Gasteiger charge is -2.09. The van der Waals surface area contributed by atoms with Gasteiger partial charge < -0.3 is 5.53 Å². The molecule has 18 heavy (non-hydrogen) atoms. The third-order valence-electron chi connectivity index (χ3n) is 2.34. The molecule has 1 aliphatic rings. The first kappa shape index (κ1) is 14.3. The molecule has 0 atom stereocenters. The summed E-state index contributed by atoms with van der Waals surface area (Å²) in [5, 5.41) is 0. The molecule has 0 aromatic heterocycles. The fraction of sp³-hybridized carbons (Fsp3) is 0. The highest BCUT2D eigenvalue weighted by molar-refractivity contribution is 7.86. The zero-order valence-electron chi connectivity index (χ0n) is 8.77. The molecule has 0 saturated heterocycles. The first-order valence-electron chi connectivity index (χ1n) is 4.50. The maximum atomic E-state index is 11.7. The molecule has 1 aromatic rings. The molecule has 8 heteroatoms. The fourth-order valence-corrected chi connectivity index (χ4v) is 2.30. The van der Waals surface area contributed by atoms with Gasteiger partial charge in [0.05, 0.1) is 0 Å². The Kier molecular flexibility index (Phi) is 3.83. The third kappa shape index (κ3) is 2.25. The van der Waals surface area contributed by atoms with Crippen molar-refractivity contribution in [3.8, 4) is 0 Å². The van der Waals surface area contributed by atoms with E-state index in [9.17, 15) is 13.2 Å². The van der Waals surface area contributed by atoms with Crippen LogP contribution in [0.4, 0.5) is 0 Å². The number of halogens is 1. The number of nitrogens with zero attached hydrogens (tertiary/aromatic N) is 2. The minimum atomic E-state index is -4.40. The van der Waals surface area contributed by atoms with Gasteiger partial charge in [0, 0.05) is 17.2 Å². The van der Waals surface area contributed by atoms with Crippen LogP contribution in [-0.4, -0.2) is 29.3 Å². The van der Waals surface area contributed by atoms with Gasteiger partial charge in [0.2, 0.25) is 0 Å². The van der Waals surface area contributed by atoms with Crippen LogP contribution in [0.3, 0.4) is 0 Å². The van der Waals surface area contributed by atoms with Gasteiger partial charge in [-0.15, -0.1) is 12.4 Å². The summed E-state index contributed by atoms with van der Waals surface area (Å²) in [7, 11) is -4.40. The van der Waals surface area contributed by atoms with Gasteiger partial charge in [0.15, 0.2) is 0 Å². The van der Waals surface area contributed by atoms with E-state index in [-0.39, 0.29) is 34.1 Å². The van der Waals surface area contributed by atoms with E-state index in [1.165, 1.54) is 30.4 Å². The van der Waals surface area contributed by atoms with Crippen molar-refractivity contribution < 1.29 is 22.6 Å². The minimum Gasteiger partial charge on any atom is -0.361 e. The number of carbonyl (C=O) groups is 1. The Morgan fingerprint density at radius 3 is 2.44 bits per heavy atom. The lowest BCUT2D eigenvalue weighted by atomic mass is 9.95. The fourth-order valence-electron chi connectivity index (χ4n) is 1.59. The summed E-state index contributed by atoms with van der Waals surface area (Å²) in [5.41, 5.74) is 8.53. The summed E-state index contributed by atoms with van der Waals surface area (Å²) in [6.45, 7) is 0. The lowest BCUT2D eigenvalue weighted by molar-refractivity contribution is -0.00436. The number of carbonyl (C=O) groups excluding carboxylic acids is 1. The molecule has 0 heterocycles. The minimum absolute atomic E-state index is 0. The van der Waals surface area contributed by atoms with Gasteiger partial charge >= 0.3 is 5.71 Å². The van der Waals surface area contributed by atoms with Crippen LogP contribution < -0.4 is 0 Å². The Hall–Kier alpha value is -1.79. The second-order valence-corrected chi connectivity index (χ2v) is 4.73. The summed E-state index contributed by atoms with van der Waals surface area (Å²) < 4.78 is 31.2. The van der Waals surface area contributed by atoms with E-state index in [1.807, 2.05) is 0 Å². The smallest absolute Gasteiger partial charge is 0.361 e. The van der Waals surface area contributed by atoms with Crippen LogP contribution in [0.15, 0.2) is 29.2 Å². The Labute approximate surface area is 109 Å². The van der Waals surface area contributed by atoms with Crippen molar-refractivity contribution in [2.24, 2.45) is 0 Å². The normalized spacial score (nSPS) is 13.6. The second kappa shape index (κ2) is 4.83. The number of benzene rings is 1. The first-order valence-corrected chi connectivity index (χ1v) is 5.94. The average molecular weight is 287 g/mol. The van der Waals surface area contributed by atoms with E-state index in [2.05, 4.69) is 4.79 Å². The molecule has 1 aromatic carbocycles. The Balaban J connectivity index is 0.00000162. The van der Waals surface area contributed by atoms with Crippen molar-refractivity contribution in [1.82, 2.24) is 0 Å². The van der Waals surface area contributed by atoms with Crippen LogP contribution in [0, 0.1) is 0 Å². The van der Waals surface area contributed by atoms with E-state index in [1.54, 1.807) is 0 Å². The zero-order chi connectivity index (χ0) is 12.6. The van der Waals surface area contributed by atoms with Crippen LogP contribution in [0.5, 0.6) is 0 Å². The van der Waals surface area contributed by atoms with Gasteiger partial charge in [-0.3, -0.25) is 9.35 Å². The highest BCUT2D eigenvalue weighted by atomic mass is 35.5. The molecule has 0 unspecified atom stereocenters. The van der Waals surface area contributed by atoms with Gasteiger partial charge in [-0.1, -0.05) is 12.1 Å². The van der Waals surface area contributed by atoms with Crippen LogP contribution in [0.25, 0.3) is 11.6 Å². The molecular formula is C10H7ClN2O4S. The highest BCUT2D eigenvalue weighted by Crippen LogP contribution is 2.24. The van der Waals surface area contributed by atoms with Crippen molar-refractivity contribution in [2.45, 2.75) is 4.90 Å². The number of ketones is 1. The molecular weight excluding hydrogens is 280 g/mol. The lowest BCUT2D eigenvalue weighted by Crippen LogP contribution is -2.19. The van der Waals surface area contributed by atoms with E-state index in [0.717, 1.165) is 0 Å². The predicted octanol–water partition coefficient (Wildman–Crippen LogP) is 1.24. The van der Waals surface area contributed by atoms with Gasteiger partial charge in [-0.05, 0) is 12.1 Å². The Bertz CT molecular complexity index is 703. The molecule has 2 rings (SSSR count). The molecule has 6 nitrogen and oxygen atoms in total. The topological polar surface area (TPSA) is 108 Å². The quantitative estimate of drug-likeness (QED) is 0.476. The molecule has 0 fully saturated rings. The molecule has 0 bridgehead atoms. The maximum Gasteiger partial charge on any atom is 0.362 e. The SMILES string of the molecule is Cl.[N-]=[N+]=C1C=Cc2c(cccc2S(=O)(=O)O)C1=O. The van der Waals surface area contributed by atoms with Gasteiger partial charge in [0.1, 0.15) is 4.90 Å². The predicted molar refractivity (Wildman–Crippen MR) is 65.5 cm³/mol. The molecule has 0 radical (unpaired) electrons. The molecule has 0 saturated carbocycles. The van der Waals surface area contributed by atoms with Gasteiger partial charge in [-0.2, -0.15) is 13.2 Å². The third-order valence-corrected chi connectivity index (χ3v) is 3.25.